The number of anilines is 1. The maximum Gasteiger partial charge on any atom is 0.262 e. The summed E-state index contributed by atoms with van der Waals surface area (Å²) in [7, 11) is -3.57. The molecule has 7 nitrogen and oxygen atoms in total. The Hall–Kier alpha value is -2.23. The lowest BCUT2D eigenvalue weighted by molar-refractivity contribution is -0.118. The first kappa shape index (κ1) is 21.5. The minimum absolute atomic E-state index is 0.143. The van der Waals surface area contributed by atoms with Crippen molar-refractivity contribution >= 4 is 38.9 Å². The lowest BCUT2D eigenvalue weighted by atomic mass is 10.0. The Labute approximate surface area is 175 Å². The van der Waals surface area contributed by atoms with E-state index in [1.807, 2.05) is 13.8 Å². The number of carbonyl (C=O) groups is 2. The molecule has 2 aromatic rings. The van der Waals surface area contributed by atoms with E-state index < -0.39 is 16.1 Å². The van der Waals surface area contributed by atoms with Crippen LogP contribution in [0.2, 0.25) is 0 Å². The summed E-state index contributed by atoms with van der Waals surface area (Å²) in [6.45, 7) is 4.71. The molecular weight excluding hydrogens is 410 g/mol. The quantitative estimate of drug-likeness (QED) is 0.699. The standard InChI is InChI=1S/C20H25N3O4S2/c1-14(2)18(22-19(24)17-9-6-12-28-17)20(25)21-15-7-5-8-16(13-15)29(26,27)23-10-3-4-11-23/h5-9,12-14,18H,3-4,10-11H2,1-2H3,(H,21,25)(H,22,24)/t18-/m0/s1. The van der Waals surface area contributed by atoms with Gasteiger partial charge in [-0.3, -0.25) is 9.59 Å². The lowest BCUT2D eigenvalue weighted by Crippen LogP contribution is -2.47. The van der Waals surface area contributed by atoms with Gasteiger partial charge in [-0.1, -0.05) is 26.0 Å². The van der Waals surface area contributed by atoms with Gasteiger partial charge in [0.1, 0.15) is 6.04 Å². The smallest absolute Gasteiger partial charge is 0.262 e. The summed E-state index contributed by atoms with van der Waals surface area (Å²) in [5.41, 5.74) is 0.381. The van der Waals surface area contributed by atoms with Crippen LogP contribution in [0.3, 0.4) is 0 Å². The fourth-order valence-corrected chi connectivity index (χ4v) is 5.38. The highest BCUT2D eigenvalue weighted by Crippen LogP contribution is 2.23. The van der Waals surface area contributed by atoms with Crippen molar-refractivity contribution in [1.82, 2.24) is 9.62 Å². The molecule has 9 heteroatoms. The number of hydrogen-bond donors (Lipinski definition) is 2. The van der Waals surface area contributed by atoms with E-state index in [1.165, 1.54) is 27.8 Å². The van der Waals surface area contributed by atoms with Gasteiger partial charge in [0.05, 0.1) is 9.77 Å². The number of thiophene rings is 1. The van der Waals surface area contributed by atoms with Gasteiger partial charge in [0.25, 0.3) is 5.91 Å². The zero-order chi connectivity index (χ0) is 21.0. The fraction of sp³-hybridized carbons (Fsp3) is 0.400. The first-order valence-corrected chi connectivity index (χ1v) is 11.9. The Morgan fingerprint density at radius 3 is 2.45 bits per heavy atom. The van der Waals surface area contributed by atoms with Crippen LogP contribution in [0.4, 0.5) is 5.69 Å². The number of benzene rings is 1. The maximum absolute atomic E-state index is 12.8. The van der Waals surface area contributed by atoms with Crippen LogP contribution in [-0.4, -0.2) is 43.7 Å². The molecule has 0 saturated carbocycles. The van der Waals surface area contributed by atoms with Crippen molar-refractivity contribution < 1.29 is 18.0 Å². The van der Waals surface area contributed by atoms with Crippen LogP contribution in [0.5, 0.6) is 0 Å². The average Bonchev–Trinajstić information content (AvgIpc) is 3.39. The largest absolute Gasteiger partial charge is 0.339 e. The summed E-state index contributed by atoms with van der Waals surface area (Å²) >= 11 is 1.30. The molecule has 1 aromatic heterocycles. The SMILES string of the molecule is CC(C)[C@H](NC(=O)c1cccs1)C(=O)Nc1cccc(S(=O)(=O)N2CCCC2)c1. The van der Waals surface area contributed by atoms with Gasteiger partial charge in [0.2, 0.25) is 15.9 Å². The van der Waals surface area contributed by atoms with E-state index in [1.54, 1.807) is 29.6 Å². The second-order valence-electron chi connectivity index (χ2n) is 7.30. The molecule has 0 aliphatic carbocycles. The summed E-state index contributed by atoms with van der Waals surface area (Å²) in [6, 6.07) is 8.96. The van der Waals surface area contributed by atoms with Crippen molar-refractivity contribution in [2.45, 2.75) is 37.6 Å². The average molecular weight is 436 g/mol. The Balaban J connectivity index is 1.74. The van der Waals surface area contributed by atoms with E-state index in [0.717, 1.165) is 12.8 Å². The molecule has 0 spiro atoms. The van der Waals surface area contributed by atoms with E-state index in [9.17, 15) is 18.0 Å². The summed E-state index contributed by atoms with van der Waals surface area (Å²) in [4.78, 5) is 25.8. The van der Waals surface area contributed by atoms with Gasteiger partial charge in [-0.25, -0.2) is 8.42 Å². The lowest BCUT2D eigenvalue weighted by Gasteiger charge is -2.22. The number of nitrogens with zero attached hydrogens (tertiary/aromatic N) is 1. The molecule has 2 heterocycles. The van der Waals surface area contributed by atoms with Gasteiger partial charge in [-0.15, -0.1) is 11.3 Å². The molecule has 1 fully saturated rings. The van der Waals surface area contributed by atoms with Gasteiger partial charge in [-0.2, -0.15) is 4.31 Å². The first-order chi connectivity index (χ1) is 13.8. The van der Waals surface area contributed by atoms with Crippen LogP contribution in [-0.2, 0) is 14.8 Å². The Morgan fingerprint density at radius 2 is 1.83 bits per heavy atom. The minimum atomic E-state index is -3.57. The van der Waals surface area contributed by atoms with Crippen LogP contribution in [0.15, 0.2) is 46.7 Å². The van der Waals surface area contributed by atoms with Crippen LogP contribution >= 0.6 is 11.3 Å². The van der Waals surface area contributed by atoms with Crippen LogP contribution in [0.1, 0.15) is 36.4 Å². The van der Waals surface area contributed by atoms with Crippen LogP contribution < -0.4 is 10.6 Å². The molecule has 1 atom stereocenters. The molecule has 1 aromatic carbocycles. The molecule has 3 rings (SSSR count). The van der Waals surface area contributed by atoms with E-state index in [0.29, 0.717) is 23.7 Å². The minimum Gasteiger partial charge on any atom is -0.339 e. The third-order valence-electron chi connectivity index (χ3n) is 4.79. The van der Waals surface area contributed by atoms with Crippen molar-refractivity contribution in [3.63, 3.8) is 0 Å². The van der Waals surface area contributed by atoms with Crippen LogP contribution in [0.25, 0.3) is 0 Å². The number of rotatable bonds is 7. The number of hydrogen-bond acceptors (Lipinski definition) is 5. The third-order valence-corrected chi connectivity index (χ3v) is 7.55. The second kappa shape index (κ2) is 9.06. The summed E-state index contributed by atoms with van der Waals surface area (Å²) < 4.78 is 27.0. The first-order valence-electron chi connectivity index (χ1n) is 9.54. The maximum atomic E-state index is 12.8. The van der Waals surface area contributed by atoms with Gasteiger partial charge in [-0.05, 0) is 48.4 Å². The number of carbonyl (C=O) groups excluding carboxylic acids is 2. The van der Waals surface area contributed by atoms with Gasteiger partial charge < -0.3 is 10.6 Å². The molecule has 1 aliphatic rings. The van der Waals surface area contributed by atoms with Gasteiger partial charge >= 0.3 is 0 Å². The van der Waals surface area contributed by atoms with Crippen molar-refractivity contribution in [2.75, 3.05) is 18.4 Å². The normalized spacial score (nSPS) is 16.0. The van der Waals surface area contributed by atoms with Crippen LogP contribution in [0, 0.1) is 5.92 Å². The number of nitrogens with one attached hydrogen (secondary N) is 2. The summed E-state index contributed by atoms with van der Waals surface area (Å²) in [6.07, 6.45) is 1.71. The van der Waals surface area contributed by atoms with Gasteiger partial charge in [0, 0.05) is 18.8 Å². The predicted octanol–water partition coefficient (Wildman–Crippen LogP) is 2.93. The number of sulfonamides is 1. The Bertz CT molecular complexity index is 965. The zero-order valence-corrected chi connectivity index (χ0v) is 18.1. The molecular formula is C20H25N3O4S2. The molecule has 29 heavy (non-hydrogen) atoms. The Kier molecular flexibility index (Phi) is 6.71. The van der Waals surface area contributed by atoms with Crippen molar-refractivity contribution in [1.29, 1.82) is 0 Å². The molecule has 0 bridgehead atoms. The van der Waals surface area contributed by atoms with E-state index in [2.05, 4.69) is 10.6 Å². The van der Waals surface area contributed by atoms with E-state index in [4.69, 9.17) is 0 Å². The van der Waals surface area contributed by atoms with Crippen molar-refractivity contribution in [3.05, 3.63) is 46.7 Å². The fourth-order valence-electron chi connectivity index (χ4n) is 3.19. The summed E-state index contributed by atoms with van der Waals surface area (Å²) in [5.74, 6) is -0.838. The molecule has 2 N–H and O–H groups in total. The molecule has 0 radical (unpaired) electrons. The monoisotopic (exact) mass is 435 g/mol. The van der Waals surface area contributed by atoms with E-state index in [-0.39, 0.29) is 22.6 Å². The predicted molar refractivity (Wildman–Crippen MR) is 113 cm³/mol. The highest BCUT2D eigenvalue weighted by atomic mass is 32.2. The Morgan fingerprint density at radius 1 is 1.10 bits per heavy atom. The van der Waals surface area contributed by atoms with Gasteiger partial charge in [0.15, 0.2) is 0 Å². The van der Waals surface area contributed by atoms with E-state index >= 15 is 0 Å². The highest BCUT2D eigenvalue weighted by molar-refractivity contribution is 7.89. The molecule has 156 valence electrons. The zero-order valence-electron chi connectivity index (χ0n) is 16.4. The molecule has 1 saturated heterocycles. The van der Waals surface area contributed by atoms with Crippen molar-refractivity contribution in [3.8, 4) is 0 Å². The second-order valence-corrected chi connectivity index (χ2v) is 10.2. The molecule has 0 unspecified atom stereocenters. The summed E-state index contributed by atoms with van der Waals surface area (Å²) in [5, 5.41) is 7.30. The third kappa shape index (κ3) is 5.04. The number of amides is 2. The topological polar surface area (TPSA) is 95.6 Å². The molecule has 1 aliphatic heterocycles. The molecule has 2 amide bonds. The highest BCUT2D eigenvalue weighted by Gasteiger charge is 2.28. The van der Waals surface area contributed by atoms with Crippen molar-refractivity contribution in [2.24, 2.45) is 5.92 Å².